The Bertz CT molecular complexity index is 441. The van der Waals surface area contributed by atoms with Crippen LogP contribution in [0, 0.1) is 0 Å². The average Bonchev–Trinajstić information content (AvgIpc) is 2.28. The Morgan fingerprint density at radius 1 is 1.06 bits per heavy atom. The van der Waals surface area contributed by atoms with Crippen molar-refractivity contribution >= 4 is 72.3 Å². The highest BCUT2D eigenvalue weighted by molar-refractivity contribution is 8.59. The lowest BCUT2D eigenvalue weighted by Crippen LogP contribution is -2.07. The lowest BCUT2D eigenvalue weighted by atomic mass is 10.2. The van der Waals surface area contributed by atoms with E-state index in [0.29, 0.717) is 7.91 Å². The summed E-state index contributed by atoms with van der Waals surface area (Å²) in [5.74, 6) is 0. The molecule has 0 aliphatic rings. The van der Waals surface area contributed by atoms with Crippen molar-refractivity contribution < 1.29 is 4.74 Å². The molecule has 0 aliphatic carbocycles. The molecule has 1 aromatic carbocycles. The number of thiocarbonyl (C=S) groups is 3. The Morgan fingerprint density at radius 2 is 1.67 bits per heavy atom. The summed E-state index contributed by atoms with van der Waals surface area (Å²) in [4.78, 5) is 0. The predicted molar refractivity (Wildman–Crippen MR) is 94.7 cm³/mol. The van der Waals surface area contributed by atoms with Crippen LogP contribution in [0.1, 0.15) is 19.4 Å². The largest absolute Gasteiger partial charge is 0.476 e. The third-order valence-electron chi connectivity index (χ3n) is 1.68. The van der Waals surface area contributed by atoms with E-state index in [1.807, 2.05) is 44.2 Å². The molecule has 0 spiro atoms. The molecule has 0 saturated carbocycles. The quantitative estimate of drug-likeness (QED) is 0.713. The van der Waals surface area contributed by atoms with Gasteiger partial charge in [-0.15, -0.1) is 0 Å². The summed E-state index contributed by atoms with van der Waals surface area (Å²) in [5, 5.41) is 0. The molecule has 0 radical (unpaired) electrons. The smallest absolute Gasteiger partial charge is 0.226 e. The minimum atomic E-state index is 0.0684. The predicted octanol–water partition coefficient (Wildman–Crippen LogP) is 4.82. The van der Waals surface area contributed by atoms with Crippen LogP contribution in [-0.2, 0) is 4.74 Å². The Morgan fingerprint density at radius 3 is 2.22 bits per heavy atom. The Kier molecular flexibility index (Phi) is 7.33. The van der Waals surface area contributed by atoms with Gasteiger partial charge in [-0.2, -0.15) is 0 Å². The summed E-state index contributed by atoms with van der Waals surface area (Å²) in [6.45, 7) is 3.86. The van der Waals surface area contributed by atoms with Gasteiger partial charge in [0.25, 0.3) is 0 Å². The third kappa shape index (κ3) is 6.24. The summed E-state index contributed by atoms with van der Waals surface area (Å²) in [7, 11) is 0. The van der Waals surface area contributed by atoms with E-state index in [1.165, 1.54) is 23.5 Å². The molecule has 0 aromatic heterocycles. The van der Waals surface area contributed by atoms with Crippen molar-refractivity contribution in [3.8, 4) is 0 Å². The average molecular weight is 333 g/mol. The van der Waals surface area contributed by atoms with Crippen molar-refractivity contribution in [2.24, 2.45) is 0 Å². The van der Waals surface area contributed by atoms with Crippen LogP contribution in [0.2, 0.25) is 0 Å². The van der Waals surface area contributed by atoms with Gasteiger partial charge in [-0.25, -0.2) is 0 Å². The zero-order valence-corrected chi connectivity index (χ0v) is 14.0. The maximum absolute atomic E-state index is 5.36. The number of hydrogen-bond donors (Lipinski definition) is 0. The molecule has 1 rings (SSSR count). The Labute approximate surface area is 132 Å². The Hall–Kier alpha value is -0.0100. The highest BCUT2D eigenvalue weighted by Crippen LogP contribution is 2.24. The minimum absolute atomic E-state index is 0.0684. The van der Waals surface area contributed by atoms with Crippen molar-refractivity contribution in [1.29, 1.82) is 0 Å². The first-order chi connectivity index (χ1) is 8.49. The van der Waals surface area contributed by atoms with Gasteiger partial charge in [0.05, 0.1) is 10.3 Å². The van der Waals surface area contributed by atoms with Crippen molar-refractivity contribution in [2.45, 2.75) is 20.0 Å². The highest BCUT2D eigenvalue weighted by Gasteiger charge is 2.10. The number of hydrogen-bond acceptors (Lipinski definition) is 6. The zero-order valence-electron chi connectivity index (χ0n) is 9.91. The molecule has 6 heteroatoms. The number of ether oxygens (including phenoxy) is 1. The summed E-state index contributed by atoms with van der Waals surface area (Å²) >= 11 is 18.3. The van der Waals surface area contributed by atoms with E-state index in [0.717, 1.165) is 9.76 Å². The van der Waals surface area contributed by atoms with Crippen LogP contribution >= 0.6 is 60.2 Å². The topological polar surface area (TPSA) is 9.23 Å². The van der Waals surface area contributed by atoms with Gasteiger partial charge in [0.2, 0.25) is 4.38 Å². The van der Waals surface area contributed by atoms with E-state index >= 15 is 0 Å². The van der Waals surface area contributed by atoms with Crippen molar-refractivity contribution in [3.05, 3.63) is 35.9 Å². The summed E-state index contributed by atoms with van der Waals surface area (Å²) in [6.07, 6.45) is 0.0684. The minimum Gasteiger partial charge on any atom is -0.476 e. The van der Waals surface area contributed by atoms with Crippen molar-refractivity contribution in [2.75, 3.05) is 0 Å². The molecule has 0 atom stereocenters. The van der Waals surface area contributed by atoms with Crippen LogP contribution in [0.3, 0.4) is 0 Å². The van der Waals surface area contributed by atoms with Gasteiger partial charge < -0.3 is 4.74 Å². The summed E-state index contributed by atoms with van der Waals surface area (Å²) < 4.78 is 7.21. The number of benzene rings is 1. The van der Waals surface area contributed by atoms with E-state index in [2.05, 4.69) is 0 Å². The molecule has 0 bridgehead atoms. The molecule has 0 aliphatic heterocycles. The molecular weight excluding hydrogens is 320 g/mol. The molecule has 0 N–H and O–H groups in total. The lowest BCUT2D eigenvalue weighted by molar-refractivity contribution is 0.243. The van der Waals surface area contributed by atoms with Crippen LogP contribution in [0.15, 0.2) is 30.3 Å². The molecular formula is C12H12OS5. The third-order valence-corrected chi connectivity index (χ3v) is 4.53. The summed E-state index contributed by atoms with van der Waals surface area (Å²) in [6, 6.07) is 9.78. The zero-order chi connectivity index (χ0) is 13.5. The molecule has 18 heavy (non-hydrogen) atoms. The molecule has 96 valence electrons. The van der Waals surface area contributed by atoms with E-state index < -0.39 is 0 Å². The first-order valence-electron chi connectivity index (χ1n) is 5.18. The molecule has 0 heterocycles. The normalized spacial score (nSPS) is 10.2. The molecule has 1 nitrogen and oxygen atoms in total. The molecule has 1 aromatic rings. The van der Waals surface area contributed by atoms with Gasteiger partial charge in [0.1, 0.15) is 3.53 Å². The molecule has 0 fully saturated rings. The fourth-order valence-corrected chi connectivity index (χ4v) is 4.38. The van der Waals surface area contributed by atoms with Crippen LogP contribution in [-0.4, -0.2) is 18.2 Å². The monoisotopic (exact) mass is 332 g/mol. The first kappa shape index (κ1) is 16.0. The molecule has 0 unspecified atom stereocenters. The van der Waals surface area contributed by atoms with Gasteiger partial charge in [-0.1, -0.05) is 66.5 Å². The SMILES string of the molecule is CC(C)OC(=S)SC(=S)SC(=S)c1ccccc1. The van der Waals surface area contributed by atoms with E-state index in [4.69, 9.17) is 41.4 Å². The second-order valence-electron chi connectivity index (χ2n) is 3.52. The molecule has 0 amide bonds. The van der Waals surface area contributed by atoms with Gasteiger partial charge in [0, 0.05) is 0 Å². The second kappa shape index (κ2) is 8.22. The van der Waals surface area contributed by atoms with Gasteiger partial charge >= 0.3 is 0 Å². The number of rotatable bonds is 2. The highest BCUT2D eigenvalue weighted by atomic mass is 32.2. The van der Waals surface area contributed by atoms with Crippen LogP contribution in [0.4, 0.5) is 0 Å². The van der Waals surface area contributed by atoms with E-state index in [9.17, 15) is 0 Å². The van der Waals surface area contributed by atoms with Gasteiger partial charge in [0.15, 0.2) is 0 Å². The fourth-order valence-electron chi connectivity index (χ4n) is 1.01. The Balaban J connectivity index is 2.46. The lowest BCUT2D eigenvalue weighted by Gasteiger charge is -2.10. The maximum Gasteiger partial charge on any atom is 0.226 e. The van der Waals surface area contributed by atoms with Crippen LogP contribution in [0.5, 0.6) is 0 Å². The fraction of sp³-hybridized carbons (Fsp3) is 0.250. The standard InChI is InChI=1S/C12H12OS5/c1-8(2)13-11(15)18-12(16)17-10(14)9-6-4-3-5-7-9/h3-8H,1-2H3. The maximum atomic E-state index is 5.36. The first-order valence-corrected chi connectivity index (χ1v) is 8.04. The van der Waals surface area contributed by atoms with Crippen LogP contribution in [0.25, 0.3) is 0 Å². The molecule has 0 saturated heterocycles. The van der Waals surface area contributed by atoms with Crippen molar-refractivity contribution in [3.63, 3.8) is 0 Å². The van der Waals surface area contributed by atoms with Gasteiger partial charge in [-0.3, -0.25) is 0 Å². The second-order valence-corrected chi connectivity index (χ2v) is 8.01. The number of thioether (sulfide) groups is 2. The van der Waals surface area contributed by atoms with Crippen molar-refractivity contribution in [1.82, 2.24) is 0 Å². The van der Waals surface area contributed by atoms with Gasteiger partial charge in [-0.05, 0) is 43.4 Å². The van der Waals surface area contributed by atoms with E-state index in [1.54, 1.807) is 0 Å². The van der Waals surface area contributed by atoms with E-state index in [-0.39, 0.29) is 6.10 Å². The van der Waals surface area contributed by atoms with Crippen LogP contribution < -0.4 is 0 Å². The summed E-state index contributed by atoms with van der Waals surface area (Å²) in [5.41, 5.74) is 0.996.